The Balaban J connectivity index is 1.97. The lowest BCUT2D eigenvalue weighted by Crippen LogP contribution is -2.57. The summed E-state index contributed by atoms with van der Waals surface area (Å²) in [5.41, 5.74) is 0.267. The fourth-order valence-corrected chi connectivity index (χ4v) is 2.42. The maximum Gasteiger partial charge on any atom is 0.0570 e. The van der Waals surface area contributed by atoms with Crippen molar-refractivity contribution in [2.75, 3.05) is 19.6 Å². The molecule has 1 unspecified atom stereocenters. The molecule has 3 nitrogen and oxygen atoms in total. The van der Waals surface area contributed by atoms with Gasteiger partial charge < -0.3 is 15.7 Å². The van der Waals surface area contributed by atoms with Gasteiger partial charge in [0.25, 0.3) is 0 Å². The van der Waals surface area contributed by atoms with Gasteiger partial charge in [-0.1, -0.05) is 0 Å². The molecular weight excluding hydrogens is 152 g/mol. The van der Waals surface area contributed by atoms with E-state index in [2.05, 4.69) is 10.6 Å². The molecule has 0 aromatic rings. The molecule has 0 bridgehead atoms. The Morgan fingerprint density at radius 3 is 2.58 bits per heavy atom. The van der Waals surface area contributed by atoms with Gasteiger partial charge in [-0.05, 0) is 45.3 Å². The van der Waals surface area contributed by atoms with Crippen LogP contribution in [0.5, 0.6) is 0 Å². The molecule has 0 radical (unpaired) electrons. The van der Waals surface area contributed by atoms with Crippen molar-refractivity contribution in [3.63, 3.8) is 0 Å². The van der Waals surface area contributed by atoms with Crippen LogP contribution in [0.25, 0.3) is 0 Å². The first-order valence-electron chi connectivity index (χ1n) is 4.95. The first-order chi connectivity index (χ1) is 5.81. The zero-order valence-electron chi connectivity index (χ0n) is 7.47. The van der Waals surface area contributed by atoms with E-state index < -0.39 is 0 Å². The average Bonchev–Trinajstić information content (AvgIpc) is 2.05. The van der Waals surface area contributed by atoms with Crippen molar-refractivity contribution >= 4 is 0 Å². The molecule has 70 valence electrons. The van der Waals surface area contributed by atoms with Gasteiger partial charge in [0.1, 0.15) is 0 Å². The largest absolute Gasteiger partial charge is 0.393 e. The molecule has 2 aliphatic rings. The molecule has 0 aliphatic carbocycles. The lowest BCUT2D eigenvalue weighted by Gasteiger charge is -2.43. The van der Waals surface area contributed by atoms with Gasteiger partial charge in [0.05, 0.1) is 6.10 Å². The Labute approximate surface area is 73.5 Å². The molecule has 3 heteroatoms. The molecule has 12 heavy (non-hydrogen) atoms. The van der Waals surface area contributed by atoms with E-state index in [1.165, 1.54) is 12.8 Å². The van der Waals surface area contributed by atoms with Crippen molar-refractivity contribution in [1.29, 1.82) is 0 Å². The van der Waals surface area contributed by atoms with E-state index in [1.54, 1.807) is 0 Å². The highest BCUT2D eigenvalue weighted by atomic mass is 16.3. The molecule has 2 rings (SSSR count). The van der Waals surface area contributed by atoms with Crippen LogP contribution in [0.2, 0.25) is 0 Å². The van der Waals surface area contributed by atoms with Crippen LogP contribution >= 0.6 is 0 Å². The summed E-state index contributed by atoms with van der Waals surface area (Å²) in [7, 11) is 0. The van der Waals surface area contributed by atoms with Crippen LogP contribution in [-0.2, 0) is 0 Å². The monoisotopic (exact) mass is 170 g/mol. The first kappa shape index (κ1) is 8.48. The SMILES string of the molecule is OC1CCNC2(CCNCC2)C1. The minimum Gasteiger partial charge on any atom is -0.393 e. The minimum atomic E-state index is -0.0654. The molecule has 3 N–H and O–H groups in total. The summed E-state index contributed by atoms with van der Waals surface area (Å²) in [5, 5.41) is 16.5. The highest BCUT2D eigenvalue weighted by Crippen LogP contribution is 2.27. The van der Waals surface area contributed by atoms with Crippen molar-refractivity contribution in [3.8, 4) is 0 Å². The lowest BCUT2D eigenvalue weighted by molar-refractivity contribution is 0.0619. The summed E-state index contributed by atoms with van der Waals surface area (Å²) in [6.07, 6.45) is 4.15. The number of nitrogens with one attached hydrogen (secondary N) is 2. The zero-order chi connectivity index (χ0) is 8.44. The van der Waals surface area contributed by atoms with Crippen LogP contribution in [0.15, 0.2) is 0 Å². The third-order valence-corrected chi connectivity index (χ3v) is 3.16. The third-order valence-electron chi connectivity index (χ3n) is 3.16. The Hall–Kier alpha value is -0.120. The summed E-state index contributed by atoms with van der Waals surface area (Å²) < 4.78 is 0. The van der Waals surface area contributed by atoms with E-state index in [1.807, 2.05) is 0 Å². The fourth-order valence-electron chi connectivity index (χ4n) is 2.42. The smallest absolute Gasteiger partial charge is 0.0570 e. The van der Waals surface area contributed by atoms with E-state index in [9.17, 15) is 5.11 Å². The highest BCUT2D eigenvalue weighted by Gasteiger charge is 2.36. The predicted octanol–water partition coefficient (Wildman–Crippen LogP) is -0.147. The normalized spacial score (nSPS) is 35.2. The summed E-state index contributed by atoms with van der Waals surface area (Å²) >= 11 is 0. The number of hydrogen-bond donors (Lipinski definition) is 3. The zero-order valence-corrected chi connectivity index (χ0v) is 7.47. The molecule has 0 amide bonds. The van der Waals surface area contributed by atoms with Crippen molar-refractivity contribution in [1.82, 2.24) is 10.6 Å². The Bertz CT molecular complexity index is 149. The summed E-state index contributed by atoms with van der Waals surface area (Å²) in [4.78, 5) is 0. The topological polar surface area (TPSA) is 44.3 Å². The second-order valence-corrected chi connectivity index (χ2v) is 4.10. The fraction of sp³-hybridized carbons (Fsp3) is 1.00. The molecule has 2 aliphatic heterocycles. The van der Waals surface area contributed by atoms with Gasteiger partial charge in [-0.3, -0.25) is 0 Å². The number of hydrogen-bond acceptors (Lipinski definition) is 3. The van der Waals surface area contributed by atoms with Crippen LogP contribution < -0.4 is 10.6 Å². The maximum atomic E-state index is 9.57. The second kappa shape index (κ2) is 3.32. The van der Waals surface area contributed by atoms with E-state index in [0.717, 1.165) is 32.5 Å². The summed E-state index contributed by atoms with van der Waals surface area (Å²) in [6.45, 7) is 3.18. The predicted molar refractivity (Wildman–Crippen MR) is 48.1 cm³/mol. The maximum absolute atomic E-state index is 9.57. The molecular formula is C9H18N2O. The van der Waals surface area contributed by atoms with Gasteiger partial charge in [0, 0.05) is 5.54 Å². The van der Waals surface area contributed by atoms with E-state index in [4.69, 9.17) is 0 Å². The van der Waals surface area contributed by atoms with Crippen LogP contribution in [0.4, 0.5) is 0 Å². The standard InChI is InChI=1S/C9H18N2O/c12-8-1-4-11-9(7-8)2-5-10-6-3-9/h8,10-12H,1-7H2. The number of piperidine rings is 2. The van der Waals surface area contributed by atoms with Crippen molar-refractivity contribution in [2.45, 2.75) is 37.3 Å². The van der Waals surface area contributed by atoms with Gasteiger partial charge in [0.2, 0.25) is 0 Å². The average molecular weight is 170 g/mol. The van der Waals surface area contributed by atoms with Crippen LogP contribution in [0.1, 0.15) is 25.7 Å². The third kappa shape index (κ3) is 1.63. The van der Waals surface area contributed by atoms with Crippen LogP contribution in [0.3, 0.4) is 0 Å². The van der Waals surface area contributed by atoms with Gasteiger partial charge in [-0.15, -0.1) is 0 Å². The number of rotatable bonds is 0. The molecule has 2 heterocycles. The molecule has 2 fully saturated rings. The Kier molecular flexibility index (Phi) is 2.35. The van der Waals surface area contributed by atoms with Gasteiger partial charge >= 0.3 is 0 Å². The van der Waals surface area contributed by atoms with E-state index >= 15 is 0 Å². The van der Waals surface area contributed by atoms with Crippen molar-refractivity contribution in [3.05, 3.63) is 0 Å². The Morgan fingerprint density at radius 2 is 1.92 bits per heavy atom. The molecule has 1 atom stereocenters. The van der Waals surface area contributed by atoms with Crippen LogP contribution in [-0.4, -0.2) is 36.4 Å². The van der Waals surface area contributed by atoms with Gasteiger partial charge in [-0.25, -0.2) is 0 Å². The molecule has 0 saturated carbocycles. The second-order valence-electron chi connectivity index (χ2n) is 4.10. The number of aliphatic hydroxyl groups excluding tert-OH is 1. The van der Waals surface area contributed by atoms with Crippen molar-refractivity contribution in [2.24, 2.45) is 0 Å². The quantitative estimate of drug-likeness (QED) is 0.474. The first-order valence-corrected chi connectivity index (χ1v) is 4.95. The molecule has 0 aromatic heterocycles. The summed E-state index contributed by atoms with van der Waals surface area (Å²) in [5.74, 6) is 0. The minimum absolute atomic E-state index is 0.0654. The van der Waals surface area contributed by atoms with Gasteiger partial charge in [-0.2, -0.15) is 0 Å². The number of aliphatic hydroxyl groups is 1. The van der Waals surface area contributed by atoms with Crippen LogP contribution in [0, 0.1) is 0 Å². The van der Waals surface area contributed by atoms with E-state index in [-0.39, 0.29) is 11.6 Å². The molecule has 2 saturated heterocycles. The summed E-state index contributed by atoms with van der Waals surface area (Å²) in [6, 6.07) is 0. The lowest BCUT2D eigenvalue weighted by atomic mass is 9.80. The molecule has 0 aromatic carbocycles. The van der Waals surface area contributed by atoms with Crippen molar-refractivity contribution < 1.29 is 5.11 Å². The highest BCUT2D eigenvalue weighted by molar-refractivity contribution is 4.96. The van der Waals surface area contributed by atoms with Gasteiger partial charge in [0.15, 0.2) is 0 Å². The van der Waals surface area contributed by atoms with E-state index in [0.29, 0.717) is 0 Å². The Morgan fingerprint density at radius 1 is 1.17 bits per heavy atom. The molecule has 1 spiro atoms.